The fourth-order valence-corrected chi connectivity index (χ4v) is 4.25. The van der Waals surface area contributed by atoms with Crippen molar-refractivity contribution < 1.29 is 17.2 Å². The highest BCUT2D eigenvalue weighted by atomic mass is 32.2. The zero-order chi connectivity index (χ0) is 21.7. The SMILES string of the molecule is CN=C(NCc1ccc(CS(C)(=O)=O)cc1)N1CCN(c2cc(F)ccc2F)CC1. The minimum Gasteiger partial charge on any atom is -0.366 e. The second kappa shape index (κ2) is 9.42. The molecule has 1 aliphatic rings. The van der Waals surface area contributed by atoms with E-state index in [9.17, 15) is 17.2 Å². The molecule has 30 heavy (non-hydrogen) atoms. The molecule has 0 aliphatic carbocycles. The average molecular weight is 437 g/mol. The summed E-state index contributed by atoms with van der Waals surface area (Å²) in [4.78, 5) is 8.23. The zero-order valence-electron chi connectivity index (χ0n) is 17.1. The second-order valence-electron chi connectivity index (χ2n) is 7.36. The Balaban J connectivity index is 1.54. The van der Waals surface area contributed by atoms with Crippen LogP contribution in [0.5, 0.6) is 0 Å². The van der Waals surface area contributed by atoms with Crippen molar-refractivity contribution in [2.75, 3.05) is 44.4 Å². The van der Waals surface area contributed by atoms with Gasteiger partial charge in [0.1, 0.15) is 11.6 Å². The summed E-state index contributed by atoms with van der Waals surface area (Å²) in [6.07, 6.45) is 1.22. The van der Waals surface area contributed by atoms with Crippen molar-refractivity contribution in [1.29, 1.82) is 0 Å². The number of hydrogen-bond donors (Lipinski definition) is 1. The Hall–Kier alpha value is -2.68. The predicted octanol–water partition coefficient (Wildman–Crippen LogP) is 2.41. The Morgan fingerprint density at radius 2 is 1.67 bits per heavy atom. The molecule has 1 heterocycles. The number of aliphatic imine (C=N–C) groups is 1. The summed E-state index contributed by atoms with van der Waals surface area (Å²) in [6, 6.07) is 10.9. The Kier molecular flexibility index (Phi) is 6.91. The molecule has 0 atom stereocenters. The maximum absolute atomic E-state index is 14.0. The summed E-state index contributed by atoms with van der Waals surface area (Å²) < 4.78 is 50.3. The summed E-state index contributed by atoms with van der Waals surface area (Å²) in [5, 5.41) is 3.30. The van der Waals surface area contributed by atoms with Gasteiger partial charge in [0, 0.05) is 52.1 Å². The predicted molar refractivity (Wildman–Crippen MR) is 115 cm³/mol. The molecule has 0 amide bonds. The van der Waals surface area contributed by atoms with Gasteiger partial charge in [0.25, 0.3) is 0 Å². The van der Waals surface area contributed by atoms with Crippen LogP contribution in [0.15, 0.2) is 47.5 Å². The average Bonchev–Trinajstić information content (AvgIpc) is 2.71. The van der Waals surface area contributed by atoms with Gasteiger partial charge < -0.3 is 15.1 Å². The lowest BCUT2D eigenvalue weighted by molar-refractivity contribution is 0.370. The molecule has 0 aromatic heterocycles. The number of halogens is 2. The van der Waals surface area contributed by atoms with E-state index in [2.05, 4.69) is 15.2 Å². The fourth-order valence-electron chi connectivity index (χ4n) is 3.46. The molecular formula is C21H26F2N4O2S. The van der Waals surface area contributed by atoms with Crippen molar-refractivity contribution in [3.63, 3.8) is 0 Å². The molecule has 1 aliphatic heterocycles. The molecule has 0 spiro atoms. The van der Waals surface area contributed by atoms with Crippen LogP contribution in [0, 0.1) is 11.6 Å². The molecule has 162 valence electrons. The lowest BCUT2D eigenvalue weighted by Gasteiger charge is -2.37. The smallest absolute Gasteiger partial charge is 0.194 e. The van der Waals surface area contributed by atoms with Crippen molar-refractivity contribution in [3.8, 4) is 0 Å². The minimum atomic E-state index is -3.05. The number of rotatable bonds is 5. The number of nitrogens with one attached hydrogen (secondary N) is 1. The molecule has 3 rings (SSSR count). The Bertz CT molecular complexity index is 1000. The number of sulfone groups is 1. The Morgan fingerprint density at radius 1 is 1.03 bits per heavy atom. The van der Waals surface area contributed by atoms with Crippen molar-refractivity contribution in [1.82, 2.24) is 10.2 Å². The van der Waals surface area contributed by atoms with Crippen LogP contribution in [0.1, 0.15) is 11.1 Å². The maximum Gasteiger partial charge on any atom is 0.194 e. The number of guanidine groups is 1. The molecule has 1 fully saturated rings. The van der Waals surface area contributed by atoms with Gasteiger partial charge in [0.15, 0.2) is 15.8 Å². The molecule has 6 nitrogen and oxygen atoms in total. The van der Waals surface area contributed by atoms with Crippen molar-refractivity contribution in [3.05, 3.63) is 65.2 Å². The summed E-state index contributed by atoms with van der Waals surface area (Å²) in [6.45, 7) is 2.92. The molecule has 0 bridgehead atoms. The Labute approximate surface area is 176 Å². The lowest BCUT2D eigenvalue weighted by Crippen LogP contribution is -2.52. The van der Waals surface area contributed by atoms with E-state index in [1.54, 1.807) is 7.05 Å². The van der Waals surface area contributed by atoms with Crippen LogP contribution in [0.4, 0.5) is 14.5 Å². The fraction of sp³-hybridized carbons (Fsp3) is 0.381. The second-order valence-corrected chi connectivity index (χ2v) is 9.50. The topological polar surface area (TPSA) is 65.0 Å². The van der Waals surface area contributed by atoms with E-state index in [0.717, 1.165) is 29.2 Å². The standard InChI is InChI=1S/C21H26F2N4O2S/c1-24-21(25-14-16-3-5-17(6-4-16)15-30(2,28)29)27-11-9-26(10-12-27)20-13-18(22)7-8-19(20)23/h3-8,13H,9-12,14-15H2,1-2H3,(H,24,25). The number of nitrogens with zero attached hydrogens (tertiary/aromatic N) is 3. The quantitative estimate of drug-likeness (QED) is 0.576. The monoisotopic (exact) mass is 436 g/mol. The first kappa shape index (κ1) is 22.0. The van der Waals surface area contributed by atoms with Gasteiger partial charge in [-0.25, -0.2) is 17.2 Å². The molecular weight excluding hydrogens is 410 g/mol. The van der Waals surface area contributed by atoms with Crippen molar-refractivity contribution in [2.45, 2.75) is 12.3 Å². The van der Waals surface area contributed by atoms with E-state index < -0.39 is 21.5 Å². The van der Waals surface area contributed by atoms with Gasteiger partial charge in [-0.3, -0.25) is 4.99 Å². The molecule has 0 saturated carbocycles. The maximum atomic E-state index is 14.0. The molecule has 0 radical (unpaired) electrons. The van der Waals surface area contributed by atoms with E-state index in [0.29, 0.717) is 32.7 Å². The highest BCUT2D eigenvalue weighted by Crippen LogP contribution is 2.22. The third-order valence-electron chi connectivity index (χ3n) is 4.94. The van der Waals surface area contributed by atoms with Gasteiger partial charge >= 0.3 is 0 Å². The van der Waals surface area contributed by atoms with E-state index in [1.807, 2.05) is 29.2 Å². The van der Waals surface area contributed by atoms with Crippen LogP contribution in [0.3, 0.4) is 0 Å². The normalized spacial score (nSPS) is 15.4. The molecule has 2 aromatic rings. The van der Waals surface area contributed by atoms with Crippen LogP contribution in [0.25, 0.3) is 0 Å². The van der Waals surface area contributed by atoms with Crippen LogP contribution >= 0.6 is 0 Å². The zero-order valence-corrected chi connectivity index (χ0v) is 17.9. The summed E-state index contributed by atoms with van der Waals surface area (Å²) >= 11 is 0. The molecule has 0 unspecified atom stereocenters. The summed E-state index contributed by atoms with van der Waals surface area (Å²) in [5.41, 5.74) is 2.05. The van der Waals surface area contributed by atoms with E-state index in [4.69, 9.17) is 0 Å². The molecule has 9 heteroatoms. The molecule has 2 aromatic carbocycles. The van der Waals surface area contributed by atoms with Gasteiger partial charge in [-0.15, -0.1) is 0 Å². The number of piperazine rings is 1. The van der Waals surface area contributed by atoms with Gasteiger partial charge in [-0.2, -0.15) is 0 Å². The van der Waals surface area contributed by atoms with E-state index in [-0.39, 0.29) is 11.4 Å². The summed E-state index contributed by atoms with van der Waals surface area (Å²) in [7, 11) is -1.35. The van der Waals surface area contributed by atoms with Gasteiger partial charge in [-0.05, 0) is 23.3 Å². The number of hydrogen-bond acceptors (Lipinski definition) is 4. The van der Waals surface area contributed by atoms with Gasteiger partial charge in [0.2, 0.25) is 0 Å². The first-order valence-corrected chi connectivity index (χ1v) is 11.7. The molecule has 1 N–H and O–H groups in total. The number of anilines is 1. The first-order chi connectivity index (χ1) is 14.2. The minimum absolute atomic E-state index is 0.0264. The highest BCUT2D eigenvalue weighted by Gasteiger charge is 2.22. The number of benzene rings is 2. The van der Waals surface area contributed by atoms with E-state index >= 15 is 0 Å². The van der Waals surface area contributed by atoms with Crippen LogP contribution < -0.4 is 10.2 Å². The van der Waals surface area contributed by atoms with Crippen molar-refractivity contribution >= 4 is 21.5 Å². The third-order valence-corrected chi connectivity index (χ3v) is 5.80. The van der Waals surface area contributed by atoms with Crippen LogP contribution in [-0.2, 0) is 22.1 Å². The summed E-state index contributed by atoms with van der Waals surface area (Å²) in [5.74, 6) is -0.117. The van der Waals surface area contributed by atoms with E-state index in [1.165, 1.54) is 12.3 Å². The molecule has 1 saturated heterocycles. The Morgan fingerprint density at radius 3 is 2.27 bits per heavy atom. The highest BCUT2D eigenvalue weighted by molar-refractivity contribution is 7.89. The largest absolute Gasteiger partial charge is 0.366 e. The first-order valence-electron chi connectivity index (χ1n) is 9.66. The van der Waals surface area contributed by atoms with Crippen LogP contribution in [-0.4, -0.2) is 58.8 Å². The lowest BCUT2D eigenvalue weighted by atomic mass is 10.1. The van der Waals surface area contributed by atoms with Gasteiger partial charge in [-0.1, -0.05) is 24.3 Å². The van der Waals surface area contributed by atoms with Crippen LogP contribution in [0.2, 0.25) is 0 Å². The van der Waals surface area contributed by atoms with Crippen molar-refractivity contribution in [2.24, 2.45) is 4.99 Å². The third kappa shape index (κ3) is 5.91. The van der Waals surface area contributed by atoms with Gasteiger partial charge in [0.05, 0.1) is 11.4 Å².